The minimum Gasteiger partial charge on any atom is -0.351 e. The number of carbonyl (C=O) groups excluding carboxylic acids is 1. The number of hydrogen-bond acceptors (Lipinski definition) is 4. The van der Waals surface area contributed by atoms with Gasteiger partial charge in [-0.2, -0.15) is 23.4 Å². The third-order valence-electron chi connectivity index (χ3n) is 5.76. The van der Waals surface area contributed by atoms with Crippen molar-refractivity contribution in [3.63, 3.8) is 0 Å². The number of carbonyl (C=O) groups is 1. The molecule has 178 valence electrons. The van der Waals surface area contributed by atoms with E-state index >= 15 is 0 Å². The fraction of sp³-hybridized carbons (Fsp3) is 0.200. The van der Waals surface area contributed by atoms with E-state index in [2.05, 4.69) is 20.5 Å². The molecule has 5 aromatic rings. The summed E-state index contributed by atoms with van der Waals surface area (Å²) in [5.74, 6) is -0.562. The monoisotopic (exact) mass is 478 g/mol. The van der Waals surface area contributed by atoms with Gasteiger partial charge in [0.25, 0.3) is 5.91 Å². The Labute approximate surface area is 198 Å². The molecule has 3 aromatic heterocycles. The molecule has 7 nitrogen and oxygen atoms in total. The number of rotatable bonds is 6. The zero-order chi connectivity index (χ0) is 24.6. The predicted octanol–water partition coefficient (Wildman–Crippen LogP) is 4.89. The Bertz CT molecular complexity index is 1540. The van der Waals surface area contributed by atoms with Crippen LogP contribution in [0.1, 0.15) is 28.3 Å². The smallest absolute Gasteiger partial charge is 0.351 e. The lowest BCUT2D eigenvalue weighted by Gasteiger charge is -2.11. The number of nitrogens with one attached hydrogen (secondary N) is 1. The Morgan fingerprint density at radius 3 is 2.57 bits per heavy atom. The maximum Gasteiger partial charge on any atom is 0.433 e. The van der Waals surface area contributed by atoms with E-state index in [4.69, 9.17) is 0 Å². The van der Waals surface area contributed by atoms with Crippen LogP contribution in [-0.4, -0.2) is 36.8 Å². The van der Waals surface area contributed by atoms with Crippen molar-refractivity contribution in [1.82, 2.24) is 29.7 Å². The topological polar surface area (TPSA) is 77.1 Å². The summed E-state index contributed by atoms with van der Waals surface area (Å²) >= 11 is 0. The first-order chi connectivity index (χ1) is 16.8. The van der Waals surface area contributed by atoms with E-state index < -0.39 is 17.8 Å². The minimum atomic E-state index is -4.69. The van der Waals surface area contributed by atoms with Crippen LogP contribution in [0.3, 0.4) is 0 Å². The van der Waals surface area contributed by atoms with Crippen molar-refractivity contribution in [2.75, 3.05) is 6.54 Å². The molecule has 3 heterocycles. The fourth-order valence-electron chi connectivity index (χ4n) is 3.94. The van der Waals surface area contributed by atoms with E-state index in [1.807, 2.05) is 48.0 Å². The number of amides is 1. The SMILES string of the molecule is Cc1ccnn1CCCNC(=O)c1cc2nc(-c3ccc4ccccc4c3)cc(C(F)(F)F)n2n1. The highest BCUT2D eigenvalue weighted by Crippen LogP contribution is 2.33. The molecule has 0 saturated heterocycles. The van der Waals surface area contributed by atoms with Gasteiger partial charge in [0.1, 0.15) is 0 Å². The van der Waals surface area contributed by atoms with Gasteiger partial charge in [-0.05, 0) is 42.3 Å². The predicted molar refractivity (Wildman–Crippen MR) is 125 cm³/mol. The Balaban J connectivity index is 1.42. The molecule has 0 saturated carbocycles. The van der Waals surface area contributed by atoms with E-state index in [0.717, 1.165) is 22.5 Å². The zero-order valence-electron chi connectivity index (χ0n) is 18.8. The zero-order valence-corrected chi connectivity index (χ0v) is 18.8. The molecule has 35 heavy (non-hydrogen) atoms. The number of hydrogen-bond donors (Lipinski definition) is 1. The molecular formula is C25H21F3N6O. The molecule has 0 unspecified atom stereocenters. The number of halogens is 3. The molecule has 10 heteroatoms. The van der Waals surface area contributed by atoms with Crippen LogP contribution in [0.5, 0.6) is 0 Å². The number of fused-ring (bicyclic) bond motifs is 2. The van der Waals surface area contributed by atoms with Crippen LogP contribution in [0.15, 0.2) is 66.9 Å². The third kappa shape index (κ3) is 4.59. The maximum absolute atomic E-state index is 13.9. The molecule has 1 amide bonds. The first-order valence-electron chi connectivity index (χ1n) is 11.0. The second-order valence-electron chi connectivity index (χ2n) is 8.19. The van der Waals surface area contributed by atoms with Gasteiger partial charge in [0, 0.05) is 36.6 Å². The fourth-order valence-corrected chi connectivity index (χ4v) is 3.94. The Morgan fingerprint density at radius 2 is 1.83 bits per heavy atom. The summed E-state index contributed by atoms with van der Waals surface area (Å²) in [5.41, 5.74) is 0.507. The van der Waals surface area contributed by atoms with E-state index in [-0.39, 0.29) is 17.0 Å². The lowest BCUT2D eigenvalue weighted by molar-refractivity contribution is -0.142. The van der Waals surface area contributed by atoms with Crippen LogP contribution < -0.4 is 5.32 Å². The summed E-state index contributed by atoms with van der Waals surface area (Å²) in [4.78, 5) is 17.0. The average Bonchev–Trinajstić information content (AvgIpc) is 3.46. The highest BCUT2D eigenvalue weighted by atomic mass is 19.4. The molecule has 5 rings (SSSR count). The van der Waals surface area contributed by atoms with Gasteiger partial charge < -0.3 is 5.32 Å². The van der Waals surface area contributed by atoms with Crippen molar-refractivity contribution < 1.29 is 18.0 Å². The number of benzene rings is 2. The number of aromatic nitrogens is 5. The highest BCUT2D eigenvalue weighted by Gasteiger charge is 2.35. The summed E-state index contributed by atoms with van der Waals surface area (Å²) < 4.78 is 44.2. The first kappa shape index (κ1) is 22.6. The standard InChI is InChI=1S/C25H21F3N6O/c1-16-9-11-30-33(16)12-4-10-29-24(35)21-15-23-31-20(14-22(25(26,27)28)34(23)32-21)19-8-7-17-5-2-3-6-18(17)13-19/h2-3,5-9,11,13-15H,4,10,12H2,1H3,(H,29,35). The molecule has 0 fully saturated rings. The van der Waals surface area contributed by atoms with E-state index in [9.17, 15) is 18.0 Å². The Morgan fingerprint density at radius 1 is 1.03 bits per heavy atom. The average molecular weight is 478 g/mol. The molecule has 1 N–H and O–H groups in total. The second kappa shape index (κ2) is 8.86. The summed E-state index contributed by atoms with van der Waals surface area (Å²) in [7, 11) is 0. The molecule has 0 aliphatic carbocycles. The number of aryl methyl sites for hydroxylation is 2. The lowest BCUT2D eigenvalue weighted by Crippen LogP contribution is -2.26. The summed E-state index contributed by atoms with van der Waals surface area (Å²) in [6.07, 6.45) is -2.38. The molecule has 0 spiro atoms. The second-order valence-corrected chi connectivity index (χ2v) is 8.19. The summed E-state index contributed by atoms with van der Waals surface area (Å²) in [6, 6.07) is 17.0. The largest absolute Gasteiger partial charge is 0.433 e. The molecule has 0 atom stereocenters. The number of nitrogens with zero attached hydrogens (tertiary/aromatic N) is 5. The van der Waals surface area contributed by atoms with Gasteiger partial charge in [-0.3, -0.25) is 9.48 Å². The van der Waals surface area contributed by atoms with Crippen LogP contribution >= 0.6 is 0 Å². The third-order valence-corrected chi connectivity index (χ3v) is 5.76. The van der Waals surface area contributed by atoms with Crippen LogP contribution in [0.2, 0.25) is 0 Å². The molecule has 2 aromatic carbocycles. The highest BCUT2D eigenvalue weighted by molar-refractivity contribution is 5.93. The van der Waals surface area contributed by atoms with Crippen LogP contribution in [0.25, 0.3) is 27.7 Å². The van der Waals surface area contributed by atoms with Crippen LogP contribution in [-0.2, 0) is 12.7 Å². The van der Waals surface area contributed by atoms with Gasteiger partial charge in [-0.15, -0.1) is 0 Å². The van der Waals surface area contributed by atoms with Crippen molar-refractivity contribution in [3.05, 3.63) is 83.9 Å². The molecule has 0 aliphatic rings. The van der Waals surface area contributed by atoms with Crippen molar-refractivity contribution in [2.45, 2.75) is 26.1 Å². The summed E-state index contributed by atoms with van der Waals surface area (Å²) in [6.45, 7) is 2.87. The van der Waals surface area contributed by atoms with Gasteiger partial charge in [0.15, 0.2) is 17.0 Å². The maximum atomic E-state index is 13.9. The van der Waals surface area contributed by atoms with Gasteiger partial charge in [0.05, 0.1) is 5.69 Å². The van der Waals surface area contributed by atoms with E-state index in [1.165, 1.54) is 6.07 Å². The van der Waals surface area contributed by atoms with Gasteiger partial charge in [-0.25, -0.2) is 9.50 Å². The minimum absolute atomic E-state index is 0.0553. The van der Waals surface area contributed by atoms with E-state index in [0.29, 0.717) is 29.6 Å². The van der Waals surface area contributed by atoms with E-state index in [1.54, 1.807) is 18.3 Å². The molecule has 0 bridgehead atoms. The normalized spacial score (nSPS) is 11.9. The lowest BCUT2D eigenvalue weighted by atomic mass is 10.0. The van der Waals surface area contributed by atoms with Crippen molar-refractivity contribution in [2.24, 2.45) is 0 Å². The quantitative estimate of drug-likeness (QED) is 0.353. The van der Waals surface area contributed by atoms with Gasteiger partial charge in [-0.1, -0.05) is 36.4 Å². The van der Waals surface area contributed by atoms with Crippen LogP contribution in [0, 0.1) is 6.92 Å². The Hall–Kier alpha value is -4.21. The van der Waals surface area contributed by atoms with Crippen molar-refractivity contribution >= 4 is 22.3 Å². The van der Waals surface area contributed by atoms with Crippen molar-refractivity contribution in [3.8, 4) is 11.3 Å². The first-order valence-corrected chi connectivity index (χ1v) is 11.0. The van der Waals surface area contributed by atoms with Gasteiger partial charge >= 0.3 is 6.18 Å². The van der Waals surface area contributed by atoms with Gasteiger partial charge in [0.2, 0.25) is 0 Å². The molecular weight excluding hydrogens is 457 g/mol. The molecule has 0 radical (unpaired) electrons. The summed E-state index contributed by atoms with van der Waals surface area (Å²) in [5, 5.41) is 12.6. The molecule has 0 aliphatic heterocycles. The Kier molecular flexibility index (Phi) is 5.72. The number of alkyl halides is 3. The van der Waals surface area contributed by atoms with Crippen molar-refractivity contribution in [1.29, 1.82) is 0 Å². The van der Waals surface area contributed by atoms with Crippen LogP contribution in [0.4, 0.5) is 13.2 Å².